The molecule has 0 bridgehead atoms. The molecule has 0 aliphatic rings. The van der Waals surface area contributed by atoms with Crippen LogP contribution in [0.1, 0.15) is 57.2 Å². The van der Waals surface area contributed by atoms with Gasteiger partial charge in [0, 0.05) is 13.0 Å². The van der Waals surface area contributed by atoms with Gasteiger partial charge in [0.05, 0.1) is 11.5 Å². The Morgan fingerprint density at radius 1 is 1.17 bits per heavy atom. The molecule has 0 aliphatic carbocycles. The van der Waals surface area contributed by atoms with Gasteiger partial charge in [0.2, 0.25) is 10.0 Å². The molecule has 1 aromatic carbocycles. The molecule has 1 rings (SSSR count). The van der Waals surface area contributed by atoms with Crippen LogP contribution in [0.3, 0.4) is 0 Å². The van der Waals surface area contributed by atoms with Crippen molar-refractivity contribution in [2.45, 2.75) is 64.7 Å². The summed E-state index contributed by atoms with van der Waals surface area (Å²) in [5.41, 5.74) is 2.54. The molecule has 0 saturated heterocycles. The average molecular weight is 356 g/mol. The SMILES string of the molecule is CCOC(=O)CCCNS(=O)(=O)c1c(C)cc(C(C)(C)C)cc1C. The fraction of sp³-hybridized carbons (Fsp3) is 0.611. The Morgan fingerprint density at radius 2 is 1.71 bits per heavy atom. The van der Waals surface area contributed by atoms with Gasteiger partial charge in [-0.15, -0.1) is 0 Å². The lowest BCUT2D eigenvalue weighted by Gasteiger charge is -2.22. The van der Waals surface area contributed by atoms with Gasteiger partial charge in [-0.2, -0.15) is 0 Å². The first-order chi connectivity index (χ1) is 11.0. The van der Waals surface area contributed by atoms with Crippen molar-refractivity contribution in [3.63, 3.8) is 0 Å². The van der Waals surface area contributed by atoms with Crippen LogP contribution in [0.15, 0.2) is 17.0 Å². The summed E-state index contributed by atoms with van der Waals surface area (Å²) >= 11 is 0. The van der Waals surface area contributed by atoms with E-state index in [0.717, 1.165) is 16.7 Å². The van der Waals surface area contributed by atoms with Crippen LogP contribution in [0.5, 0.6) is 0 Å². The molecule has 0 aromatic heterocycles. The van der Waals surface area contributed by atoms with Crippen LogP contribution in [-0.2, 0) is 25.0 Å². The van der Waals surface area contributed by atoms with Gasteiger partial charge in [0.25, 0.3) is 0 Å². The highest BCUT2D eigenvalue weighted by Gasteiger charge is 2.23. The fourth-order valence-corrected chi connectivity index (χ4v) is 4.07. The van der Waals surface area contributed by atoms with E-state index in [1.807, 2.05) is 26.0 Å². The molecule has 0 aliphatic heterocycles. The van der Waals surface area contributed by atoms with Gasteiger partial charge in [-0.05, 0) is 49.3 Å². The molecule has 1 N–H and O–H groups in total. The van der Waals surface area contributed by atoms with E-state index in [9.17, 15) is 13.2 Å². The predicted molar refractivity (Wildman–Crippen MR) is 95.7 cm³/mol. The Labute approximate surface area is 145 Å². The third-order valence-electron chi connectivity index (χ3n) is 3.75. The lowest BCUT2D eigenvalue weighted by atomic mass is 9.85. The van der Waals surface area contributed by atoms with Gasteiger partial charge in [0.15, 0.2) is 0 Å². The van der Waals surface area contributed by atoms with Crippen LogP contribution in [0.2, 0.25) is 0 Å². The zero-order valence-corrected chi connectivity index (χ0v) is 16.3. The zero-order chi connectivity index (χ0) is 18.5. The van der Waals surface area contributed by atoms with E-state index in [1.165, 1.54) is 0 Å². The van der Waals surface area contributed by atoms with Crippen molar-refractivity contribution in [2.75, 3.05) is 13.2 Å². The van der Waals surface area contributed by atoms with Crippen molar-refractivity contribution < 1.29 is 17.9 Å². The summed E-state index contributed by atoms with van der Waals surface area (Å²) in [4.78, 5) is 11.6. The fourth-order valence-electron chi connectivity index (χ4n) is 2.55. The second-order valence-corrected chi connectivity index (χ2v) is 8.70. The highest BCUT2D eigenvalue weighted by molar-refractivity contribution is 7.89. The van der Waals surface area contributed by atoms with Crippen LogP contribution in [-0.4, -0.2) is 27.5 Å². The Balaban J connectivity index is 2.86. The van der Waals surface area contributed by atoms with Gasteiger partial charge in [-0.25, -0.2) is 13.1 Å². The summed E-state index contributed by atoms with van der Waals surface area (Å²) in [6, 6.07) is 3.86. The number of benzene rings is 1. The summed E-state index contributed by atoms with van der Waals surface area (Å²) in [7, 11) is -3.60. The summed E-state index contributed by atoms with van der Waals surface area (Å²) in [5.74, 6) is -0.307. The Kier molecular flexibility index (Phi) is 6.98. The van der Waals surface area contributed by atoms with Gasteiger partial charge in [-0.3, -0.25) is 4.79 Å². The van der Waals surface area contributed by atoms with E-state index in [2.05, 4.69) is 25.5 Å². The molecule has 0 unspecified atom stereocenters. The molecule has 0 saturated carbocycles. The van der Waals surface area contributed by atoms with Crippen LogP contribution in [0.4, 0.5) is 0 Å². The van der Waals surface area contributed by atoms with Gasteiger partial charge >= 0.3 is 5.97 Å². The van der Waals surface area contributed by atoms with Gasteiger partial charge < -0.3 is 4.74 Å². The molecule has 136 valence electrons. The van der Waals surface area contributed by atoms with E-state index in [-0.39, 0.29) is 24.3 Å². The predicted octanol–water partition coefficient (Wildman–Crippen LogP) is 3.22. The van der Waals surface area contributed by atoms with Gasteiger partial charge in [0.1, 0.15) is 0 Å². The largest absolute Gasteiger partial charge is 0.466 e. The van der Waals surface area contributed by atoms with Crippen molar-refractivity contribution in [2.24, 2.45) is 0 Å². The third-order valence-corrected chi connectivity index (χ3v) is 5.52. The monoisotopic (exact) mass is 355 g/mol. The molecule has 0 fully saturated rings. The molecule has 0 radical (unpaired) electrons. The highest BCUT2D eigenvalue weighted by Crippen LogP contribution is 2.29. The van der Waals surface area contributed by atoms with Gasteiger partial charge in [-0.1, -0.05) is 32.9 Å². The van der Waals surface area contributed by atoms with Crippen LogP contribution in [0, 0.1) is 13.8 Å². The average Bonchev–Trinajstić information content (AvgIpc) is 2.42. The van der Waals surface area contributed by atoms with Crippen molar-refractivity contribution >= 4 is 16.0 Å². The molecule has 5 nitrogen and oxygen atoms in total. The van der Waals surface area contributed by atoms with E-state index in [1.54, 1.807) is 6.92 Å². The summed E-state index contributed by atoms with van der Waals surface area (Å²) in [6.07, 6.45) is 0.619. The molecule has 6 heteroatoms. The molecule has 1 aromatic rings. The first-order valence-electron chi connectivity index (χ1n) is 8.26. The maximum atomic E-state index is 12.6. The lowest BCUT2D eigenvalue weighted by molar-refractivity contribution is -0.143. The lowest BCUT2D eigenvalue weighted by Crippen LogP contribution is -2.27. The quantitative estimate of drug-likeness (QED) is 0.602. The second kappa shape index (κ2) is 8.12. The maximum absolute atomic E-state index is 12.6. The van der Waals surface area contributed by atoms with E-state index in [0.29, 0.717) is 17.9 Å². The van der Waals surface area contributed by atoms with Crippen molar-refractivity contribution in [3.05, 3.63) is 28.8 Å². The molecular weight excluding hydrogens is 326 g/mol. The highest BCUT2D eigenvalue weighted by atomic mass is 32.2. The minimum atomic E-state index is -3.60. The van der Waals surface area contributed by atoms with Crippen LogP contribution >= 0.6 is 0 Å². The van der Waals surface area contributed by atoms with Crippen molar-refractivity contribution in [1.82, 2.24) is 4.72 Å². The molecule has 24 heavy (non-hydrogen) atoms. The molecule has 0 amide bonds. The van der Waals surface area contributed by atoms with Crippen molar-refractivity contribution in [3.8, 4) is 0 Å². The standard InChI is InChI=1S/C18H29NO4S/c1-7-23-16(20)9-8-10-19-24(21,22)17-13(2)11-15(12-14(17)3)18(4,5)6/h11-12,19H,7-10H2,1-6H3. The topological polar surface area (TPSA) is 72.5 Å². The molecular formula is C18H29NO4S. The first kappa shape index (κ1) is 20.6. The van der Waals surface area contributed by atoms with Crippen molar-refractivity contribution in [1.29, 1.82) is 0 Å². The summed E-state index contributed by atoms with van der Waals surface area (Å²) < 4.78 is 32.6. The van der Waals surface area contributed by atoms with Crippen LogP contribution in [0.25, 0.3) is 0 Å². The summed E-state index contributed by atoms with van der Waals surface area (Å²) in [6.45, 7) is 12.2. The number of hydrogen-bond acceptors (Lipinski definition) is 4. The van der Waals surface area contributed by atoms with Crippen LogP contribution < -0.4 is 4.72 Å². The number of esters is 1. The first-order valence-corrected chi connectivity index (χ1v) is 9.74. The zero-order valence-electron chi connectivity index (χ0n) is 15.5. The second-order valence-electron chi connectivity index (χ2n) is 7.00. The van der Waals surface area contributed by atoms with E-state index < -0.39 is 10.0 Å². The normalized spacial score (nSPS) is 12.2. The number of carbonyl (C=O) groups excluding carboxylic acids is 1. The number of nitrogens with one attached hydrogen (secondary N) is 1. The number of aryl methyl sites for hydroxylation is 2. The summed E-state index contributed by atoms with van der Waals surface area (Å²) in [5, 5.41) is 0. The minimum absolute atomic E-state index is 0.0368. The third kappa shape index (κ3) is 5.60. The Hall–Kier alpha value is -1.40. The number of hydrogen-bond donors (Lipinski definition) is 1. The number of rotatable bonds is 7. The molecule has 0 heterocycles. The minimum Gasteiger partial charge on any atom is -0.466 e. The smallest absolute Gasteiger partial charge is 0.305 e. The Morgan fingerprint density at radius 3 is 2.17 bits per heavy atom. The number of carbonyl (C=O) groups is 1. The van der Waals surface area contributed by atoms with E-state index >= 15 is 0 Å². The number of ether oxygens (including phenoxy) is 1. The Bertz CT molecular complexity index is 664. The number of sulfonamides is 1. The molecule has 0 atom stereocenters. The maximum Gasteiger partial charge on any atom is 0.305 e. The molecule has 0 spiro atoms. The van der Waals surface area contributed by atoms with E-state index in [4.69, 9.17) is 4.74 Å².